The van der Waals surface area contributed by atoms with Crippen LogP contribution in [0.15, 0.2) is 53.5 Å². The lowest BCUT2D eigenvalue weighted by Crippen LogP contribution is -2.32. The van der Waals surface area contributed by atoms with Crippen molar-refractivity contribution in [3.63, 3.8) is 0 Å². The zero-order chi connectivity index (χ0) is 18.0. The standard InChI is InChI=1S/C20H26N4O2.HI/c1-21-20(23-12-5-11-22-16-7-3-2-4-8-16)24-17-9-10-18-19(15-17)26-14-6-13-25-18;/h2-4,7-10,15,22H,5-6,11-14H2,1H3,(H2,21,23,24);1H. The van der Waals surface area contributed by atoms with E-state index >= 15 is 0 Å². The first kappa shape index (κ1) is 21.1. The Morgan fingerprint density at radius 2 is 1.74 bits per heavy atom. The molecule has 0 amide bonds. The molecule has 0 radical (unpaired) electrons. The number of benzene rings is 2. The van der Waals surface area contributed by atoms with E-state index in [1.54, 1.807) is 7.05 Å². The monoisotopic (exact) mass is 482 g/mol. The summed E-state index contributed by atoms with van der Waals surface area (Å²) in [6, 6.07) is 16.1. The van der Waals surface area contributed by atoms with Gasteiger partial charge in [-0.1, -0.05) is 18.2 Å². The summed E-state index contributed by atoms with van der Waals surface area (Å²) in [6.07, 6.45) is 1.88. The van der Waals surface area contributed by atoms with Crippen molar-refractivity contribution in [3.05, 3.63) is 48.5 Å². The van der Waals surface area contributed by atoms with Gasteiger partial charge in [-0.05, 0) is 30.7 Å². The predicted molar refractivity (Wildman–Crippen MR) is 122 cm³/mol. The Hall–Kier alpha value is -2.16. The van der Waals surface area contributed by atoms with Crippen LogP contribution in [-0.4, -0.2) is 39.3 Å². The zero-order valence-electron chi connectivity index (χ0n) is 15.5. The van der Waals surface area contributed by atoms with Crippen molar-refractivity contribution in [2.45, 2.75) is 12.8 Å². The molecule has 0 fully saturated rings. The topological polar surface area (TPSA) is 66.9 Å². The van der Waals surface area contributed by atoms with Gasteiger partial charge in [0.2, 0.25) is 0 Å². The van der Waals surface area contributed by atoms with Crippen molar-refractivity contribution < 1.29 is 9.47 Å². The van der Waals surface area contributed by atoms with Crippen LogP contribution in [0.1, 0.15) is 12.8 Å². The van der Waals surface area contributed by atoms with Gasteiger partial charge in [-0.25, -0.2) is 0 Å². The molecule has 1 heterocycles. The number of anilines is 2. The van der Waals surface area contributed by atoms with Gasteiger partial charge in [0.25, 0.3) is 0 Å². The molecule has 3 N–H and O–H groups in total. The molecule has 0 bridgehead atoms. The fourth-order valence-electron chi connectivity index (χ4n) is 2.64. The number of halogens is 1. The molecular weight excluding hydrogens is 455 g/mol. The number of aliphatic imine (C=N–C) groups is 1. The molecule has 0 aromatic heterocycles. The Bertz CT molecular complexity index is 725. The van der Waals surface area contributed by atoms with E-state index < -0.39 is 0 Å². The molecule has 2 aromatic carbocycles. The third-order valence-corrected chi connectivity index (χ3v) is 3.98. The summed E-state index contributed by atoms with van der Waals surface area (Å²) in [5.41, 5.74) is 2.06. The van der Waals surface area contributed by atoms with Crippen LogP contribution < -0.4 is 25.4 Å². The highest BCUT2D eigenvalue weighted by molar-refractivity contribution is 14.0. The first-order chi connectivity index (χ1) is 12.8. The van der Waals surface area contributed by atoms with Crippen molar-refractivity contribution >= 4 is 41.3 Å². The number of nitrogens with zero attached hydrogens (tertiary/aromatic N) is 1. The average Bonchev–Trinajstić information content (AvgIpc) is 2.92. The van der Waals surface area contributed by atoms with Gasteiger partial charge in [0.1, 0.15) is 0 Å². The molecule has 0 spiro atoms. The van der Waals surface area contributed by atoms with Crippen molar-refractivity contribution in [1.29, 1.82) is 0 Å². The highest BCUT2D eigenvalue weighted by Crippen LogP contribution is 2.32. The smallest absolute Gasteiger partial charge is 0.195 e. The maximum atomic E-state index is 5.73. The Morgan fingerprint density at radius 3 is 2.52 bits per heavy atom. The van der Waals surface area contributed by atoms with Crippen LogP contribution in [0.5, 0.6) is 11.5 Å². The predicted octanol–water partition coefficient (Wildman–Crippen LogP) is 3.96. The van der Waals surface area contributed by atoms with E-state index in [1.165, 1.54) is 0 Å². The van der Waals surface area contributed by atoms with Gasteiger partial charge in [0.05, 0.1) is 13.2 Å². The van der Waals surface area contributed by atoms with E-state index in [2.05, 4.69) is 33.1 Å². The maximum Gasteiger partial charge on any atom is 0.195 e. The van der Waals surface area contributed by atoms with Crippen LogP contribution in [0.4, 0.5) is 11.4 Å². The molecule has 7 heteroatoms. The number of ether oxygens (including phenoxy) is 2. The molecule has 146 valence electrons. The van der Waals surface area contributed by atoms with Gasteiger partial charge >= 0.3 is 0 Å². The number of hydrogen-bond acceptors (Lipinski definition) is 4. The van der Waals surface area contributed by atoms with Crippen LogP contribution in [0.2, 0.25) is 0 Å². The molecule has 0 aliphatic carbocycles. The highest BCUT2D eigenvalue weighted by Gasteiger charge is 2.11. The Kier molecular flexibility index (Phi) is 9.03. The van der Waals surface area contributed by atoms with E-state index in [1.807, 2.05) is 36.4 Å². The zero-order valence-corrected chi connectivity index (χ0v) is 17.9. The summed E-state index contributed by atoms with van der Waals surface area (Å²) in [4.78, 5) is 4.27. The van der Waals surface area contributed by atoms with E-state index in [-0.39, 0.29) is 24.0 Å². The number of para-hydroxylation sites is 1. The van der Waals surface area contributed by atoms with Crippen LogP contribution >= 0.6 is 24.0 Å². The molecule has 0 atom stereocenters. The highest BCUT2D eigenvalue weighted by atomic mass is 127. The summed E-state index contributed by atoms with van der Waals surface area (Å²) in [6.45, 7) is 3.10. The van der Waals surface area contributed by atoms with Gasteiger partial charge in [0.15, 0.2) is 17.5 Å². The summed E-state index contributed by atoms with van der Waals surface area (Å²) in [5.74, 6) is 2.30. The normalized spacial score (nSPS) is 13.1. The summed E-state index contributed by atoms with van der Waals surface area (Å²) in [5, 5.41) is 10.0. The third-order valence-electron chi connectivity index (χ3n) is 3.98. The minimum Gasteiger partial charge on any atom is -0.490 e. The quantitative estimate of drug-likeness (QED) is 0.252. The molecule has 0 saturated carbocycles. The number of hydrogen-bond donors (Lipinski definition) is 3. The first-order valence-corrected chi connectivity index (χ1v) is 9.01. The largest absolute Gasteiger partial charge is 0.490 e. The van der Waals surface area contributed by atoms with Crippen molar-refractivity contribution in [2.75, 3.05) is 44.0 Å². The summed E-state index contributed by atoms with van der Waals surface area (Å²) < 4.78 is 11.4. The lowest BCUT2D eigenvalue weighted by molar-refractivity contribution is 0.297. The van der Waals surface area contributed by atoms with Gasteiger partial charge in [-0.3, -0.25) is 4.99 Å². The van der Waals surface area contributed by atoms with Crippen molar-refractivity contribution in [3.8, 4) is 11.5 Å². The van der Waals surface area contributed by atoms with E-state index in [0.717, 1.165) is 54.8 Å². The van der Waals surface area contributed by atoms with Gasteiger partial charge in [0, 0.05) is 44.0 Å². The number of rotatable bonds is 6. The Balaban J connectivity index is 0.00000261. The van der Waals surface area contributed by atoms with Gasteiger partial charge in [-0.15, -0.1) is 24.0 Å². The SMILES string of the molecule is CN=C(NCCCNc1ccccc1)Nc1ccc2c(c1)OCCCO2.I. The second-order valence-electron chi connectivity index (χ2n) is 5.98. The van der Waals surface area contributed by atoms with Crippen LogP contribution in [0.25, 0.3) is 0 Å². The van der Waals surface area contributed by atoms with E-state index in [4.69, 9.17) is 9.47 Å². The molecule has 2 aromatic rings. The van der Waals surface area contributed by atoms with Crippen LogP contribution in [-0.2, 0) is 0 Å². The minimum absolute atomic E-state index is 0. The first-order valence-electron chi connectivity index (χ1n) is 9.01. The lowest BCUT2D eigenvalue weighted by Gasteiger charge is -2.14. The van der Waals surface area contributed by atoms with E-state index in [0.29, 0.717) is 13.2 Å². The van der Waals surface area contributed by atoms with Gasteiger partial charge in [-0.2, -0.15) is 0 Å². The molecule has 6 nitrogen and oxygen atoms in total. The molecular formula is C20H27IN4O2. The molecule has 0 unspecified atom stereocenters. The Labute approximate surface area is 177 Å². The Morgan fingerprint density at radius 1 is 0.963 bits per heavy atom. The molecule has 3 rings (SSSR count). The van der Waals surface area contributed by atoms with Gasteiger partial charge < -0.3 is 25.4 Å². The molecule has 1 aliphatic heterocycles. The fourth-order valence-corrected chi connectivity index (χ4v) is 2.64. The number of nitrogens with one attached hydrogen (secondary N) is 3. The number of fused-ring (bicyclic) bond motifs is 1. The van der Waals surface area contributed by atoms with E-state index in [9.17, 15) is 0 Å². The van der Waals surface area contributed by atoms with Crippen LogP contribution in [0, 0.1) is 0 Å². The lowest BCUT2D eigenvalue weighted by atomic mass is 10.2. The molecule has 1 aliphatic rings. The minimum atomic E-state index is 0. The average molecular weight is 482 g/mol. The maximum absolute atomic E-state index is 5.73. The molecule has 27 heavy (non-hydrogen) atoms. The van der Waals surface area contributed by atoms with Crippen molar-refractivity contribution in [2.24, 2.45) is 4.99 Å². The van der Waals surface area contributed by atoms with Crippen molar-refractivity contribution in [1.82, 2.24) is 5.32 Å². The fraction of sp³-hybridized carbons (Fsp3) is 0.350. The second kappa shape index (κ2) is 11.5. The van der Waals surface area contributed by atoms with Crippen LogP contribution in [0.3, 0.4) is 0 Å². The second-order valence-corrected chi connectivity index (χ2v) is 5.98. The third kappa shape index (κ3) is 6.82. The molecule has 0 saturated heterocycles. The summed E-state index contributed by atoms with van der Waals surface area (Å²) >= 11 is 0. The summed E-state index contributed by atoms with van der Waals surface area (Å²) in [7, 11) is 1.76. The number of guanidine groups is 1.